The third-order valence-electron chi connectivity index (χ3n) is 3.54. The van der Waals surface area contributed by atoms with Gasteiger partial charge in [0.05, 0.1) is 14.2 Å². The largest absolute Gasteiger partial charge is 0.497 e. The highest BCUT2D eigenvalue weighted by atomic mass is 79.9. The molecule has 0 atom stereocenters. The summed E-state index contributed by atoms with van der Waals surface area (Å²) < 4.78 is 13.2. The molecule has 1 aromatic carbocycles. The molecule has 0 radical (unpaired) electrons. The summed E-state index contributed by atoms with van der Waals surface area (Å²) in [5.74, 6) is 2.18. The number of imidazole rings is 1. The molecular weight excluding hydrogens is 362 g/mol. The molecule has 2 heterocycles. The molecule has 3 rings (SSSR count). The summed E-state index contributed by atoms with van der Waals surface area (Å²) in [6, 6.07) is 5.70. The van der Waals surface area contributed by atoms with Crippen molar-refractivity contribution < 1.29 is 9.47 Å². The lowest BCUT2D eigenvalue weighted by atomic mass is 10.2. The molecule has 1 N–H and O–H groups in total. The minimum absolute atomic E-state index is 0.549. The molecule has 0 aliphatic carbocycles. The van der Waals surface area contributed by atoms with Gasteiger partial charge in [0.1, 0.15) is 17.8 Å². The number of nitrogens with zero attached hydrogens (tertiary/aromatic N) is 4. The van der Waals surface area contributed by atoms with Crippen LogP contribution in [-0.4, -0.2) is 33.7 Å². The van der Waals surface area contributed by atoms with Crippen molar-refractivity contribution in [3.05, 3.63) is 34.8 Å². The lowest BCUT2D eigenvalue weighted by molar-refractivity contribution is 0.391. The van der Waals surface area contributed by atoms with E-state index in [-0.39, 0.29) is 0 Å². The van der Waals surface area contributed by atoms with E-state index in [0.29, 0.717) is 22.6 Å². The number of methoxy groups -OCH3 is 2. The lowest BCUT2D eigenvalue weighted by Gasteiger charge is -2.11. The second kappa shape index (κ2) is 6.41. The number of nitrogens with one attached hydrogen (secondary N) is 1. The van der Waals surface area contributed by atoms with E-state index in [0.717, 1.165) is 22.7 Å². The predicted octanol–water partition coefficient (Wildman–Crippen LogP) is 2.76. The van der Waals surface area contributed by atoms with Crippen molar-refractivity contribution in [1.29, 1.82) is 0 Å². The second-order valence-corrected chi connectivity index (χ2v) is 5.57. The van der Waals surface area contributed by atoms with Gasteiger partial charge in [0.2, 0.25) is 0 Å². The van der Waals surface area contributed by atoms with E-state index in [1.54, 1.807) is 14.2 Å². The first-order valence-corrected chi connectivity index (χ1v) is 7.71. The molecule has 0 fully saturated rings. The van der Waals surface area contributed by atoms with Crippen molar-refractivity contribution in [2.45, 2.75) is 6.54 Å². The molecule has 23 heavy (non-hydrogen) atoms. The number of hydrogen-bond acceptors (Lipinski definition) is 6. The fraction of sp³-hybridized carbons (Fsp3) is 0.267. The monoisotopic (exact) mass is 377 g/mol. The molecule has 0 spiro atoms. The van der Waals surface area contributed by atoms with Gasteiger partial charge in [-0.3, -0.25) is 0 Å². The lowest BCUT2D eigenvalue weighted by Crippen LogP contribution is -2.04. The second-order valence-electron chi connectivity index (χ2n) is 4.87. The van der Waals surface area contributed by atoms with Crippen molar-refractivity contribution in [2.75, 3.05) is 19.5 Å². The van der Waals surface area contributed by atoms with Gasteiger partial charge in [-0.25, -0.2) is 15.0 Å². The Balaban J connectivity index is 1.88. The maximum atomic E-state index is 5.41. The molecule has 0 amide bonds. The third kappa shape index (κ3) is 2.94. The molecule has 0 bridgehead atoms. The summed E-state index contributed by atoms with van der Waals surface area (Å²) in [6.07, 6.45) is 1.52. The smallest absolute Gasteiger partial charge is 0.179 e. The van der Waals surface area contributed by atoms with Gasteiger partial charge in [-0.1, -0.05) is 0 Å². The number of aromatic nitrogens is 4. The number of rotatable bonds is 5. The van der Waals surface area contributed by atoms with Crippen LogP contribution in [0.2, 0.25) is 0 Å². The molecule has 0 saturated carbocycles. The van der Waals surface area contributed by atoms with Crippen LogP contribution >= 0.6 is 15.9 Å². The van der Waals surface area contributed by atoms with Gasteiger partial charge in [0.25, 0.3) is 0 Å². The van der Waals surface area contributed by atoms with Crippen LogP contribution in [0.4, 0.5) is 5.82 Å². The fourth-order valence-electron chi connectivity index (χ4n) is 2.28. The van der Waals surface area contributed by atoms with Crippen LogP contribution in [-0.2, 0) is 13.6 Å². The minimum Gasteiger partial charge on any atom is -0.497 e. The first kappa shape index (κ1) is 15.5. The Hall–Kier alpha value is -2.35. The van der Waals surface area contributed by atoms with E-state index >= 15 is 0 Å². The molecule has 0 saturated heterocycles. The molecule has 120 valence electrons. The molecule has 2 aromatic heterocycles. The standard InChI is InChI=1S/C15H16BrN5O2/c1-21-14-12(20-15(21)16)13(18-8-19-14)17-7-9-4-5-10(22-2)6-11(9)23-3/h4-6,8H,7H2,1-3H3,(H,17,18,19). The van der Waals surface area contributed by atoms with Gasteiger partial charge in [0.15, 0.2) is 21.7 Å². The van der Waals surface area contributed by atoms with Crippen molar-refractivity contribution >= 4 is 32.9 Å². The zero-order chi connectivity index (χ0) is 16.4. The zero-order valence-electron chi connectivity index (χ0n) is 13.0. The Morgan fingerprint density at radius 1 is 1.22 bits per heavy atom. The number of hydrogen-bond donors (Lipinski definition) is 1. The van der Waals surface area contributed by atoms with Gasteiger partial charge >= 0.3 is 0 Å². The van der Waals surface area contributed by atoms with Crippen LogP contribution in [0.1, 0.15) is 5.56 Å². The summed E-state index contributed by atoms with van der Waals surface area (Å²) in [5.41, 5.74) is 2.47. The van der Waals surface area contributed by atoms with E-state index in [4.69, 9.17) is 9.47 Å². The highest BCUT2D eigenvalue weighted by Crippen LogP contribution is 2.26. The van der Waals surface area contributed by atoms with Gasteiger partial charge in [-0.2, -0.15) is 0 Å². The summed E-state index contributed by atoms with van der Waals surface area (Å²) in [5, 5.41) is 3.29. The van der Waals surface area contributed by atoms with Crippen molar-refractivity contribution in [1.82, 2.24) is 19.5 Å². The average Bonchev–Trinajstić information content (AvgIpc) is 2.88. The SMILES string of the molecule is COc1ccc(CNc2ncnc3c2nc(Br)n3C)c(OC)c1. The van der Waals surface area contributed by atoms with Crippen LogP contribution in [0.25, 0.3) is 11.2 Å². The van der Waals surface area contributed by atoms with Gasteiger partial charge < -0.3 is 19.4 Å². The predicted molar refractivity (Wildman–Crippen MR) is 90.9 cm³/mol. The van der Waals surface area contributed by atoms with E-state index in [9.17, 15) is 0 Å². The van der Waals surface area contributed by atoms with Crippen LogP contribution in [0.15, 0.2) is 29.3 Å². The number of halogens is 1. The summed E-state index contributed by atoms with van der Waals surface area (Å²) in [6.45, 7) is 0.549. The van der Waals surface area contributed by atoms with Crippen LogP contribution in [0.3, 0.4) is 0 Å². The fourth-order valence-corrected chi connectivity index (χ4v) is 2.62. The summed E-state index contributed by atoms with van der Waals surface area (Å²) >= 11 is 3.40. The number of anilines is 1. The van der Waals surface area contributed by atoms with Gasteiger partial charge in [-0.15, -0.1) is 0 Å². The number of ether oxygens (including phenoxy) is 2. The van der Waals surface area contributed by atoms with Gasteiger partial charge in [0, 0.05) is 25.2 Å². The minimum atomic E-state index is 0.549. The van der Waals surface area contributed by atoms with Gasteiger partial charge in [-0.05, 0) is 28.1 Å². The molecule has 0 unspecified atom stereocenters. The van der Waals surface area contributed by atoms with Crippen LogP contribution in [0.5, 0.6) is 11.5 Å². The molecular formula is C15H16BrN5O2. The zero-order valence-corrected chi connectivity index (χ0v) is 14.6. The molecule has 0 aliphatic heterocycles. The van der Waals surface area contributed by atoms with E-state index < -0.39 is 0 Å². The Morgan fingerprint density at radius 2 is 2.04 bits per heavy atom. The van der Waals surface area contributed by atoms with Crippen LogP contribution < -0.4 is 14.8 Å². The first-order valence-electron chi connectivity index (χ1n) is 6.91. The van der Waals surface area contributed by atoms with E-state index in [1.807, 2.05) is 29.8 Å². The van der Waals surface area contributed by atoms with Crippen molar-refractivity contribution in [2.24, 2.45) is 7.05 Å². The molecule has 7 nitrogen and oxygen atoms in total. The maximum absolute atomic E-state index is 5.41. The Kier molecular flexibility index (Phi) is 4.33. The maximum Gasteiger partial charge on any atom is 0.179 e. The topological polar surface area (TPSA) is 74.1 Å². The quantitative estimate of drug-likeness (QED) is 0.689. The third-order valence-corrected chi connectivity index (χ3v) is 4.25. The highest BCUT2D eigenvalue weighted by molar-refractivity contribution is 9.10. The normalized spacial score (nSPS) is 10.8. The van der Waals surface area contributed by atoms with E-state index in [2.05, 4.69) is 36.2 Å². The van der Waals surface area contributed by atoms with Crippen molar-refractivity contribution in [3.8, 4) is 11.5 Å². The number of fused-ring (bicyclic) bond motifs is 1. The Labute approximate surface area is 141 Å². The number of benzene rings is 1. The Bertz CT molecular complexity index is 849. The van der Waals surface area contributed by atoms with E-state index in [1.165, 1.54) is 6.33 Å². The molecule has 8 heteroatoms. The summed E-state index contributed by atoms with van der Waals surface area (Å²) in [4.78, 5) is 13.0. The highest BCUT2D eigenvalue weighted by Gasteiger charge is 2.12. The average molecular weight is 378 g/mol. The molecule has 0 aliphatic rings. The summed E-state index contributed by atoms with van der Waals surface area (Å²) in [7, 11) is 5.16. The van der Waals surface area contributed by atoms with Crippen LogP contribution in [0, 0.1) is 0 Å². The molecule has 3 aromatic rings. The van der Waals surface area contributed by atoms with Crippen molar-refractivity contribution in [3.63, 3.8) is 0 Å². The first-order chi connectivity index (χ1) is 11.1. The Morgan fingerprint density at radius 3 is 2.78 bits per heavy atom. The number of aryl methyl sites for hydroxylation is 1.